The van der Waals surface area contributed by atoms with Gasteiger partial charge in [0.25, 0.3) is 0 Å². The number of urea groups is 1. The molecular weight excluding hydrogens is 406 g/mol. The SMILES string of the molecule is O=C(Nc1ccn(-c2ccc(CN3CCC4(CC3)CNC4)cc2)c(=O)n1)N1CCNCC1. The second-order valence-corrected chi connectivity index (χ2v) is 9.18. The highest BCUT2D eigenvalue weighted by atomic mass is 16.2. The van der Waals surface area contributed by atoms with Crippen LogP contribution in [-0.2, 0) is 6.54 Å². The third-order valence-electron chi connectivity index (χ3n) is 6.98. The van der Waals surface area contributed by atoms with Crippen molar-refractivity contribution < 1.29 is 4.79 Å². The third kappa shape index (κ3) is 4.55. The van der Waals surface area contributed by atoms with E-state index in [0.717, 1.165) is 38.4 Å². The number of benzene rings is 1. The highest BCUT2D eigenvalue weighted by Crippen LogP contribution is 2.35. The largest absolute Gasteiger partial charge is 0.354 e. The fraction of sp³-hybridized carbons (Fsp3) is 0.522. The number of aromatic nitrogens is 2. The molecule has 9 heteroatoms. The third-order valence-corrected chi connectivity index (χ3v) is 6.98. The van der Waals surface area contributed by atoms with Crippen molar-refractivity contribution in [2.45, 2.75) is 19.4 Å². The normalized spacial score (nSPS) is 20.7. The number of nitrogens with one attached hydrogen (secondary N) is 3. The van der Waals surface area contributed by atoms with Crippen LogP contribution in [0.5, 0.6) is 0 Å². The van der Waals surface area contributed by atoms with Gasteiger partial charge in [0.2, 0.25) is 0 Å². The minimum Gasteiger partial charge on any atom is -0.322 e. The molecule has 5 rings (SSSR count). The number of hydrogen-bond acceptors (Lipinski definition) is 6. The van der Waals surface area contributed by atoms with E-state index >= 15 is 0 Å². The molecule has 32 heavy (non-hydrogen) atoms. The Labute approximate surface area is 187 Å². The lowest BCUT2D eigenvalue weighted by molar-refractivity contribution is 0.0520. The molecule has 3 aliphatic rings. The average Bonchev–Trinajstić information content (AvgIpc) is 2.80. The standard InChI is InChI=1S/C23H31N7O2/c31-21(29-13-8-24-9-14-29)26-20-5-10-30(22(32)27-20)19-3-1-18(2-4-19)15-28-11-6-23(7-12-28)16-25-17-23/h1-5,10,24-25H,6-9,11-17H2,(H,26,27,31,32). The molecule has 1 aromatic carbocycles. The Morgan fingerprint density at radius 1 is 1.00 bits per heavy atom. The Balaban J connectivity index is 1.19. The van der Waals surface area contributed by atoms with Gasteiger partial charge in [-0.05, 0) is 55.1 Å². The van der Waals surface area contributed by atoms with Crippen molar-refractivity contribution in [3.63, 3.8) is 0 Å². The van der Waals surface area contributed by atoms with E-state index < -0.39 is 5.69 Å². The number of hydrogen-bond donors (Lipinski definition) is 3. The quantitative estimate of drug-likeness (QED) is 0.657. The highest BCUT2D eigenvalue weighted by molar-refractivity contribution is 5.88. The minimum atomic E-state index is -0.411. The molecule has 2 aromatic rings. The van der Waals surface area contributed by atoms with Gasteiger partial charge in [0, 0.05) is 52.0 Å². The molecular formula is C23H31N7O2. The summed E-state index contributed by atoms with van der Waals surface area (Å²) in [7, 11) is 0. The van der Waals surface area contributed by atoms with E-state index in [4.69, 9.17) is 0 Å². The number of anilines is 1. The molecule has 0 saturated carbocycles. The predicted molar refractivity (Wildman–Crippen MR) is 123 cm³/mol. The highest BCUT2D eigenvalue weighted by Gasteiger charge is 2.39. The molecule has 4 heterocycles. The van der Waals surface area contributed by atoms with Gasteiger partial charge < -0.3 is 15.5 Å². The summed E-state index contributed by atoms with van der Waals surface area (Å²) in [6.45, 7) is 8.42. The van der Waals surface area contributed by atoms with Gasteiger partial charge in [-0.3, -0.25) is 14.8 Å². The van der Waals surface area contributed by atoms with Gasteiger partial charge >= 0.3 is 11.7 Å². The van der Waals surface area contributed by atoms with Crippen molar-refractivity contribution >= 4 is 11.8 Å². The second kappa shape index (κ2) is 9.01. The van der Waals surface area contributed by atoms with Crippen LogP contribution in [0.3, 0.4) is 0 Å². The molecule has 3 N–H and O–H groups in total. The number of carbonyl (C=O) groups is 1. The molecule has 0 bridgehead atoms. The van der Waals surface area contributed by atoms with E-state index in [1.165, 1.54) is 36.1 Å². The lowest BCUT2D eigenvalue weighted by Gasteiger charge is -2.48. The number of piperidine rings is 1. The molecule has 0 radical (unpaired) electrons. The average molecular weight is 438 g/mol. The molecule has 170 valence electrons. The zero-order valence-corrected chi connectivity index (χ0v) is 18.3. The molecule has 3 saturated heterocycles. The number of piperazine rings is 1. The van der Waals surface area contributed by atoms with Crippen LogP contribution < -0.4 is 21.6 Å². The lowest BCUT2D eigenvalue weighted by atomic mass is 9.73. The maximum Gasteiger partial charge on any atom is 0.354 e. The Morgan fingerprint density at radius 2 is 1.72 bits per heavy atom. The number of rotatable bonds is 4. The second-order valence-electron chi connectivity index (χ2n) is 9.18. The van der Waals surface area contributed by atoms with Crippen LogP contribution in [0.4, 0.5) is 10.6 Å². The fourth-order valence-corrected chi connectivity index (χ4v) is 4.76. The van der Waals surface area contributed by atoms with Crippen LogP contribution in [-0.4, -0.2) is 77.7 Å². The summed E-state index contributed by atoms with van der Waals surface area (Å²) in [5, 5.41) is 9.35. The molecule has 0 unspecified atom stereocenters. The molecule has 0 atom stereocenters. The topological polar surface area (TPSA) is 94.5 Å². The van der Waals surface area contributed by atoms with E-state index in [1.807, 2.05) is 12.1 Å². The van der Waals surface area contributed by atoms with Crippen LogP contribution in [0, 0.1) is 5.41 Å². The van der Waals surface area contributed by atoms with Gasteiger partial charge in [0.05, 0.1) is 5.69 Å². The predicted octanol–water partition coefficient (Wildman–Crippen LogP) is 0.855. The first kappa shape index (κ1) is 21.1. The zero-order valence-electron chi connectivity index (χ0n) is 18.3. The van der Waals surface area contributed by atoms with Crippen LogP contribution in [0.2, 0.25) is 0 Å². The number of nitrogens with zero attached hydrogens (tertiary/aromatic N) is 4. The first-order valence-corrected chi connectivity index (χ1v) is 11.5. The Bertz CT molecular complexity index is 1000. The van der Waals surface area contributed by atoms with Gasteiger partial charge in [-0.15, -0.1) is 0 Å². The van der Waals surface area contributed by atoms with Gasteiger partial charge in [0.1, 0.15) is 5.82 Å². The van der Waals surface area contributed by atoms with Gasteiger partial charge in [-0.1, -0.05) is 12.1 Å². The summed E-state index contributed by atoms with van der Waals surface area (Å²) in [4.78, 5) is 33.2. The summed E-state index contributed by atoms with van der Waals surface area (Å²) >= 11 is 0. The van der Waals surface area contributed by atoms with E-state index in [1.54, 1.807) is 17.2 Å². The van der Waals surface area contributed by atoms with Crippen LogP contribution in [0.15, 0.2) is 41.3 Å². The van der Waals surface area contributed by atoms with Gasteiger partial charge in [-0.2, -0.15) is 4.98 Å². The molecule has 2 amide bonds. The van der Waals surface area contributed by atoms with Crippen molar-refractivity contribution in [1.82, 2.24) is 30.0 Å². The summed E-state index contributed by atoms with van der Waals surface area (Å²) in [5.74, 6) is 0.274. The van der Waals surface area contributed by atoms with E-state index in [9.17, 15) is 9.59 Å². The van der Waals surface area contributed by atoms with E-state index in [2.05, 4.69) is 38.0 Å². The van der Waals surface area contributed by atoms with Crippen LogP contribution >= 0.6 is 0 Å². The first-order chi connectivity index (χ1) is 15.6. The van der Waals surface area contributed by atoms with Gasteiger partial charge in [-0.25, -0.2) is 9.59 Å². The number of carbonyl (C=O) groups excluding carboxylic acids is 1. The Hall–Kier alpha value is -2.75. The summed E-state index contributed by atoms with van der Waals surface area (Å²) < 4.78 is 1.50. The van der Waals surface area contributed by atoms with Crippen LogP contribution in [0.1, 0.15) is 18.4 Å². The Morgan fingerprint density at radius 3 is 2.34 bits per heavy atom. The molecule has 1 aromatic heterocycles. The van der Waals surface area contributed by atoms with Gasteiger partial charge in [0.15, 0.2) is 0 Å². The van der Waals surface area contributed by atoms with Crippen molar-refractivity contribution in [2.24, 2.45) is 5.41 Å². The number of amides is 2. The van der Waals surface area contributed by atoms with Crippen molar-refractivity contribution in [2.75, 3.05) is 57.7 Å². The van der Waals surface area contributed by atoms with Crippen molar-refractivity contribution in [1.29, 1.82) is 0 Å². The monoisotopic (exact) mass is 437 g/mol. The minimum absolute atomic E-state index is 0.224. The van der Waals surface area contributed by atoms with E-state index in [0.29, 0.717) is 18.5 Å². The molecule has 3 aliphatic heterocycles. The fourth-order valence-electron chi connectivity index (χ4n) is 4.76. The summed E-state index contributed by atoms with van der Waals surface area (Å²) in [6.07, 6.45) is 4.21. The lowest BCUT2D eigenvalue weighted by Crippen LogP contribution is -2.58. The summed E-state index contributed by atoms with van der Waals surface area (Å²) in [6, 6.07) is 9.51. The maximum absolute atomic E-state index is 12.6. The molecule has 9 nitrogen and oxygen atoms in total. The van der Waals surface area contributed by atoms with Crippen molar-refractivity contribution in [3.05, 3.63) is 52.6 Å². The number of likely N-dealkylation sites (tertiary alicyclic amines) is 1. The Kier molecular flexibility index (Phi) is 5.95. The van der Waals surface area contributed by atoms with E-state index in [-0.39, 0.29) is 11.8 Å². The molecule has 0 aliphatic carbocycles. The summed E-state index contributed by atoms with van der Waals surface area (Å²) in [5.41, 5.74) is 2.17. The smallest absolute Gasteiger partial charge is 0.322 e. The van der Waals surface area contributed by atoms with Crippen molar-refractivity contribution in [3.8, 4) is 5.69 Å². The first-order valence-electron chi connectivity index (χ1n) is 11.5. The molecule has 1 spiro atoms. The van der Waals surface area contributed by atoms with Crippen LogP contribution in [0.25, 0.3) is 5.69 Å². The zero-order chi connectivity index (χ0) is 22.0. The molecule has 3 fully saturated rings. The maximum atomic E-state index is 12.6.